The van der Waals surface area contributed by atoms with Gasteiger partial charge in [0.1, 0.15) is 5.75 Å². The number of nitro benzene ring substituents is 1. The van der Waals surface area contributed by atoms with E-state index in [9.17, 15) is 24.8 Å². The SMILES string of the molecule is COc1cc(OCC(=O)NCC2(C(=O)O)CCCCC2)ccc1[N+](=O)[O-]. The molecule has 26 heavy (non-hydrogen) atoms. The molecule has 2 N–H and O–H groups in total. The van der Waals surface area contributed by atoms with Crippen LogP contribution in [0.2, 0.25) is 0 Å². The zero-order valence-corrected chi connectivity index (χ0v) is 14.5. The summed E-state index contributed by atoms with van der Waals surface area (Å²) in [5.41, 5.74) is -1.12. The number of benzene rings is 1. The van der Waals surface area contributed by atoms with E-state index in [1.54, 1.807) is 0 Å². The zero-order valence-electron chi connectivity index (χ0n) is 14.5. The van der Waals surface area contributed by atoms with E-state index < -0.39 is 22.2 Å². The lowest BCUT2D eigenvalue weighted by molar-refractivity contribution is -0.385. The van der Waals surface area contributed by atoms with Crippen LogP contribution in [0.1, 0.15) is 32.1 Å². The standard InChI is InChI=1S/C17H22N2O7/c1-25-14-9-12(5-6-13(14)19(23)24)26-10-15(20)18-11-17(16(21)22)7-3-2-4-8-17/h5-6,9H,2-4,7-8,10-11H2,1H3,(H,18,20)(H,21,22). The molecule has 0 saturated heterocycles. The van der Waals surface area contributed by atoms with Gasteiger partial charge in [-0.1, -0.05) is 19.3 Å². The molecular weight excluding hydrogens is 344 g/mol. The maximum Gasteiger partial charge on any atom is 0.311 e. The minimum Gasteiger partial charge on any atom is -0.490 e. The fourth-order valence-corrected chi connectivity index (χ4v) is 3.06. The van der Waals surface area contributed by atoms with Crippen molar-refractivity contribution >= 4 is 17.6 Å². The first-order chi connectivity index (χ1) is 12.4. The van der Waals surface area contributed by atoms with Crippen LogP contribution in [-0.4, -0.2) is 42.2 Å². The van der Waals surface area contributed by atoms with Crippen LogP contribution in [0.25, 0.3) is 0 Å². The number of carbonyl (C=O) groups is 2. The molecule has 1 aliphatic carbocycles. The average molecular weight is 366 g/mol. The lowest BCUT2D eigenvalue weighted by Gasteiger charge is -2.33. The molecule has 9 nitrogen and oxygen atoms in total. The summed E-state index contributed by atoms with van der Waals surface area (Å²) in [6.07, 6.45) is 3.77. The van der Waals surface area contributed by atoms with Crippen molar-refractivity contribution in [2.45, 2.75) is 32.1 Å². The number of ether oxygens (including phenoxy) is 2. The van der Waals surface area contributed by atoms with Crippen molar-refractivity contribution in [3.63, 3.8) is 0 Å². The predicted molar refractivity (Wildman–Crippen MR) is 91.3 cm³/mol. The van der Waals surface area contributed by atoms with Crippen LogP contribution in [-0.2, 0) is 9.59 Å². The number of carboxylic acid groups (broad SMARTS) is 1. The molecule has 1 saturated carbocycles. The van der Waals surface area contributed by atoms with Crippen molar-refractivity contribution in [3.8, 4) is 11.5 Å². The average Bonchev–Trinajstić information content (AvgIpc) is 2.64. The lowest BCUT2D eigenvalue weighted by Crippen LogP contribution is -2.45. The highest BCUT2D eigenvalue weighted by Crippen LogP contribution is 2.36. The Kier molecular flexibility index (Phi) is 6.37. The topological polar surface area (TPSA) is 128 Å². The quantitative estimate of drug-likeness (QED) is 0.533. The van der Waals surface area contributed by atoms with Gasteiger partial charge < -0.3 is 19.9 Å². The summed E-state index contributed by atoms with van der Waals surface area (Å²) in [5, 5.41) is 23.0. The number of aliphatic carboxylic acids is 1. The molecule has 1 fully saturated rings. The van der Waals surface area contributed by atoms with E-state index in [-0.39, 0.29) is 30.3 Å². The van der Waals surface area contributed by atoms with Crippen LogP contribution in [0.3, 0.4) is 0 Å². The molecule has 1 amide bonds. The molecule has 9 heteroatoms. The summed E-state index contributed by atoms with van der Waals surface area (Å²) in [6.45, 7) is -0.259. The van der Waals surface area contributed by atoms with Gasteiger partial charge in [0, 0.05) is 18.7 Å². The predicted octanol–water partition coefficient (Wildman–Crippen LogP) is 2.13. The minimum atomic E-state index is -0.912. The third-order valence-corrected chi connectivity index (χ3v) is 4.61. The molecule has 0 radical (unpaired) electrons. The van der Waals surface area contributed by atoms with Gasteiger partial charge in [-0.05, 0) is 18.9 Å². The van der Waals surface area contributed by atoms with Crippen LogP contribution in [0, 0.1) is 15.5 Å². The van der Waals surface area contributed by atoms with E-state index in [2.05, 4.69) is 5.32 Å². The van der Waals surface area contributed by atoms with Crippen LogP contribution in [0.4, 0.5) is 5.69 Å². The number of carbonyl (C=O) groups excluding carboxylic acids is 1. The molecule has 1 aliphatic rings. The third kappa shape index (κ3) is 4.62. The first-order valence-electron chi connectivity index (χ1n) is 8.33. The van der Waals surface area contributed by atoms with Gasteiger partial charge in [0.25, 0.3) is 5.91 Å². The first-order valence-corrected chi connectivity index (χ1v) is 8.33. The highest BCUT2D eigenvalue weighted by molar-refractivity contribution is 5.80. The number of methoxy groups -OCH3 is 1. The molecule has 0 spiro atoms. The Morgan fingerprint density at radius 2 is 2.00 bits per heavy atom. The van der Waals surface area contributed by atoms with E-state index in [4.69, 9.17) is 9.47 Å². The Hall–Kier alpha value is -2.84. The van der Waals surface area contributed by atoms with Gasteiger partial charge in [-0.2, -0.15) is 0 Å². The van der Waals surface area contributed by atoms with E-state index >= 15 is 0 Å². The van der Waals surface area contributed by atoms with Crippen molar-refractivity contribution in [2.75, 3.05) is 20.3 Å². The van der Waals surface area contributed by atoms with Gasteiger partial charge in [-0.3, -0.25) is 19.7 Å². The molecule has 142 valence electrons. The van der Waals surface area contributed by atoms with Gasteiger partial charge in [0.2, 0.25) is 5.75 Å². The number of nitrogens with zero attached hydrogens (tertiary/aromatic N) is 1. The van der Waals surface area contributed by atoms with Gasteiger partial charge in [-0.25, -0.2) is 0 Å². The second kappa shape index (κ2) is 8.50. The highest BCUT2D eigenvalue weighted by Gasteiger charge is 2.39. The first kappa shape index (κ1) is 19.5. The Morgan fingerprint density at radius 1 is 1.31 bits per heavy atom. The number of nitrogens with one attached hydrogen (secondary N) is 1. The summed E-state index contributed by atoms with van der Waals surface area (Å²) < 4.78 is 10.2. The van der Waals surface area contributed by atoms with E-state index in [1.807, 2.05) is 0 Å². The molecule has 0 bridgehead atoms. The molecule has 0 heterocycles. The fourth-order valence-electron chi connectivity index (χ4n) is 3.06. The Bertz CT molecular complexity index is 684. The van der Waals surface area contributed by atoms with Crippen LogP contribution in [0.15, 0.2) is 18.2 Å². The Labute approximate surface area is 150 Å². The normalized spacial score (nSPS) is 15.7. The maximum absolute atomic E-state index is 12.0. The van der Waals surface area contributed by atoms with Crippen molar-refractivity contribution < 1.29 is 29.1 Å². The summed E-state index contributed by atoms with van der Waals surface area (Å²) in [5.74, 6) is -1.07. The maximum atomic E-state index is 12.0. The second-order valence-electron chi connectivity index (χ2n) is 6.30. The van der Waals surface area contributed by atoms with Crippen molar-refractivity contribution in [1.29, 1.82) is 0 Å². The number of nitro groups is 1. The van der Waals surface area contributed by atoms with E-state index in [1.165, 1.54) is 25.3 Å². The molecular formula is C17H22N2O7. The molecule has 1 aromatic rings. The Balaban J connectivity index is 1.90. The zero-order chi connectivity index (χ0) is 19.2. The molecule has 0 aliphatic heterocycles. The van der Waals surface area contributed by atoms with Crippen molar-refractivity contribution in [1.82, 2.24) is 5.32 Å². The largest absolute Gasteiger partial charge is 0.490 e. The molecule has 2 rings (SSSR count). The third-order valence-electron chi connectivity index (χ3n) is 4.61. The monoisotopic (exact) mass is 366 g/mol. The summed E-state index contributed by atoms with van der Waals surface area (Å²) >= 11 is 0. The summed E-state index contributed by atoms with van der Waals surface area (Å²) in [4.78, 5) is 33.8. The van der Waals surface area contributed by atoms with Gasteiger partial charge in [0.15, 0.2) is 6.61 Å². The van der Waals surface area contributed by atoms with Gasteiger partial charge in [-0.15, -0.1) is 0 Å². The van der Waals surface area contributed by atoms with Crippen LogP contribution in [0.5, 0.6) is 11.5 Å². The Morgan fingerprint density at radius 3 is 2.58 bits per heavy atom. The van der Waals surface area contributed by atoms with Crippen LogP contribution < -0.4 is 14.8 Å². The number of amides is 1. The number of rotatable bonds is 8. The van der Waals surface area contributed by atoms with Crippen molar-refractivity contribution in [2.24, 2.45) is 5.41 Å². The number of hydrogen-bond acceptors (Lipinski definition) is 6. The summed E-state index contributed by atoms with van der Waals surface area (Å²) in [6, 6.07) is 3.92. The fraction of sp³-hybridized carbons (Fsp3) is 0.529. The van der Waals surface area contributed by atoms with E-state index in [0.717, 1.165) is 19.3 Å². The second-order valence-corrected chi connectivity index (χ2v) is 6.30. The molecule has 0 atom stereocenters. The lowest BCUT2D eigenvalue weighted by atomic mass is 9.74. The highest BCUT2D eigenvalue weighted by atomic mass is 16.6. The number of carboxylic acids is 1. The van der Waals surface area contributed by atoms with E-state index in [0.29, 0.717) is 12.8 Å². The minimum absolute atomic E-state index is 0.0277. The van der Waals surface area contributed by atoms with Gasteiger partial charge >= 0.3 is 11.7 Å². The van der Waals surface area contributed by atoms with Gasteiger partial charge in [0.05, 0.1) is 17.4 Å². The number of hydrogen-bond donors (Lipinski definition) is 2. The molecule has 0 unspecified atom stereocenters. The van der Waals surface area contributed by atoms with Crippen molar-refractivity contribution in [3.05, 3.63) is 28.3 Å². The molecule has 1 aromatic carbocycles. The van der Waals surface area contributed by atoms with Crippen LogP contribution >= 0.6 is 0 Å². The molecule has 0 aromatic heterocycles. The summed E-state index contributed by atoms with van der Waals surface area (Å²) in [7, 11) is 1.30. The smallest absolute Gasteiger partial charge is 0.311 e.